The van der Waals surface area contributed by atoms with Crippen LogP contribution in [-0.2, 0) is 14.8 Å². The van der Waals surface area contributed by atoms with Crippen LogP contribution < -0.4 is 10.1 Å². The number of hydrogen-bond acceptors (Lipinski definition) is 4. The minimum absolute atomic E-state index is 0.127. The fourth-order valence-electron chi connectivity index (χ4n) is 3.37. The van der Waals surface area contributed by atoms with E-state index in [1.807, 2.05) is 38.1 Å². The first kappa shape index (κ1) is 21.3. The number of rotatable bonds is 7. The summed E-state index contributed by atoms with van der Waals surface area (Å²) in [4.78, 5) is 13.0. The van der Waals surface area contributed by atoms with E-state index in [-0.39, 0.29) is 29.3 Å². The minimum atomic E-state index is -3.58. The molecule has 0 aliphatic carbocycles. The van der Waals surface area contributed by atoms with Crippen molar-refractivity contribution in [3.63, 3.8) is 0 Å². The SMILES string of the molecule is Cc1ccc(OC[C@@H](C)NC(=O)[C@@H]2CCCN(S(=O)(=O)c3ccccc3)C2)cc1. The molecule has 1 N–H and O–H groups in total. The van der Waals surface area contributed by atoms with Crippen LogP contribution >= 0.6 is 0 Å². The summed E-state index contributed by atoms with van der Waals surface area (Å²) in [6.45, 7) is 4.89. The maximum absolute atomic E-state index is 12.8. The van der Waals surface area contributed by atoms with Crippen LogP contribution in [0.1, 0.15) is 25.3 Å². The minimum Gasteiger partial charge on any atom is -0.491 e. The zero-order valence-electron chi connectivity index (χ0n) is 16.9. The first-order valence-electron chi connectivity index (χ1n) is 9.91. The molecule has 0 unspecified atom stereocenters. The molecule has 1 fully saturated rings. The lowest BCUT2D eigenvalue weighted by Crippen LogP contribution is -2.48. The van der Waals surface area contributed by atoms with E-state index in [2.05, 4.69) is 5.32 Å². The van der Waals surface area contributed by atoms with Gasteiger partial charge in [-0.2, -0.15) is 4.31 Å². The monoisotopic (exact) mass is 416 g/mol. The number of nitrogens with one attached hydrogen (secondary N) is 1. The molecule has 6 nitrogen and oxygen atoms in total. The van der Waals surface area contributed by atoms with Gasteiger partial charge in [0.1, 0.15) is 12.4 Å². The number of piperidine rings is 1. The molecule has 1 saturated heterocycles. The van der Waals surface area contributed by atoms with Gasteiger partial charge in [-0.05, 0) is 51.0 Å². The first-order valence-corrected chi connectivity index (χ1v) is 11.4. The number of aryl methyl sites for hydroxylation is 1. The lowest BCUT2D eigenvalue weighted by Gasteiger charge is -2.31. The van der Waals surface area contributed by atoms with Gasteiger partial charge in [-0.1, -0.05) is 35.9 Å². The van der Waals surface area contributed by atoms with E-state index in [4.69, 9.17) is 4.74 Å². The van der Waals surface area contributed by atoms with Gasteiger partial charge in [0.05, 0.1) is 16.9 Å². The van der Waals surface area contributed by atoms with Crippen LogP contribution in [0.4, 0.5) is 0 Å². The third-order valence-corrected chi connectivity index (χ3v) is 6.92. The van der Waals surface area contributed by atoms with Gasteiger partial charge in [0.2, 0.25) is 15.9 Å². The molecule has 0 saturated carbocycles. The summed E-state index contributed by atoms with van der Waals surface area (Å²) < 4.78 is 32.8. The Labute approximate surface area is 172 Å². The average molecular weight is 417 g/mol. The van der Waals surface area contributed by atoms with Crippen molar-refractivity contribution in [1.82, 2.24) is 9.62 Å². The Balaban J connectivity index is 1.54. The maximum atomic E-state index is 12.8. The number of carbonyl (C=O) groups is 1. The van der Waals surface area contributed by atoms with E-state index in [0.717, 1.165) is 11.3 Å². The number of hydrogen-bond donors (Lipinski definition) is 1. The molecular formula is C22H28N2O4S. The molecule has 2 aromatic carbocycles. The molecule has 1 heterocycles. The van der Waals surface area contributed by atoms with Gasteiger partial charge in [0.25, 0.3) is 0 Å². The largest absolute Gasteiger partial charge is 0.491 e. The van der Waals surface area contributed by atoms with Crippen LogP contribution in [0.2, 0.25) is 0 Å². The summed E-state index contributed by atoms with van der Waals surface area (Å²) in [5.74, 6) is 0.275. The molecule has 1 aliphatic heterocycles. The molecule has 0 radical (unpaired) electrons. The Morgan fingerprint density at radius 1 is 1.17 bits per heavy atom. The fourth-order valence-corrected chi connectivity index (χ4v) is 4.92. The first-order chi connectivity index (χ1) is 13.9. The van der Waals surface area contributed by atoms with Gasteiger partial charge in [0.15, 0.2) is 0 Å². The topological polar surface area (TPSA) is 75.7 Å². The van der Waals surface area contributed by atoms with Crippen LogP contribution in [0.25, 0.3) is 0 Å². The summed E-state index contributed by atoms with van der Waals surface area (Å²) in [5.41, 5.74) is 1.16. The van der Waals surface area contributed by atoms with Gasteiger partial charge < -0.3 is 10.1 Å². The van der Waals surface area contributed by atoms with Crippen molar-refractivity contribution in [2.45, 2.75) is 37.6 Å². The smallest absolute Gasteiger partial charge is 0.243 e. The zero-order chi connectivity index (χ0) is 20.9. The number of amides is 1. The van der Waals surface area contributed by atoms with Crippen LogP contribution in [0, 0.1) is 12.8 Å². The molecule has 1 aliphatic rings. The Kier molecular flexibility index (Phi) is 6.92. The zero-order valence-corrected chi connectivity index (χ0v) is 17.7. The highest BCUT2D eigenvalue weighted by atomic mass is 32.2. The van der Waals surface area contributed by atoms with Crippen molar-refractivity contribution in [2.75, 3.05) is 19.7 Å². The number of sulfonamides is 1. The highest BCUT2D eigenvalue weighted by molar-refractivity contribution is 7.89. The van der Waals surface area contributed by atoms with E-state index < -0.39 is 10.0 Å². The van der Waals surface area contributed by atoms with Gasteiger partial charge in [0, 0.05) is 13.1 Å². The fraction of sp³-hybridized carbons (Fsp3) is 0.409. The number of ether oxygens (including phenoxy) is 1. The highest BCUT2D eigenvalue weighted by Gasteiger charge is 2.33. The Morgan fingerprint density at radius 2 is 1.86 bits per heavy atom. The normalized spacial score (nSPS) is 18.8. The number of carbonyl (C=O) groups excluding carboxylic acids is 1. The van der Waals surface area contributed by atoms with E-state index in [9.17, 15) is 13.2 Å². The lowest BCUT2D eigenvalue weighted by atomic mass is 9.98. The standard InChI is InChI=1S/C22H28N2O4S/c1-17-10-12-20(13-11-17)28-16-18(2)23-22(25)19-7-6-14-24(15-19)29(26,27)21-8-4-3-5-9-21/h3-5,8-13,18-19H,6-7,14-16H2,1-2H3,(H,23,25)/t18-,19-/m1/s1. The Morgan fingerprint density at radius 3 is 2.55 bits per heavy atom. The lowest BCUT2D eigenvalue weighted by molar-refractivity contribution is -0.126. The molecule has 1 amide bonds. The summed E-state index contributed by atoms with van der Waals surface area (Å²) in [6.07, 6.45) is 1.34. The van der Waals surface area contributed by atoms with E-state index >= 15 is 0 Å². The van der Waals surface area contributed by atoms with Crippen molar-refractivity contribution in [1.29, 1.82) is 0 Å². The van der Waals surface area contributed by atoms with Crippen molar-refractivity contribution in [2.24, 2.45) is 5.92 Å². The van der Waals surface area contributed by atoms with Crippen LogP contribution in [0.5, 0.6) is 5.75 Å². The van der Waals surface area contributed by atoms with Gasteiger partial charge in [-0.3, -0.25) is 4.79 Å². The molecule has 3 rings (SSSR count). The van der Waals surface area contributed by atoms with Crippen molar-refractivity contribution in [3.05, 3.63) is 60.2 Å². The molecule has 2 aromatic rings. The molecule has 0 aromatic heterocycles. The number of benzene rings is 2. The molecule has 7 heteroatoms. The van der Waals surface area contributed by atoms with E-state index in [1.54, 1.807) is 30.3 Å². The second-order valence-electron chi connectivity index (χ2n) is 7.55. The highest BCUT2D eigenvalue weighted by Crippen LogP contribution is 2.24. The quantitative estimate of drug-likeness (QED) is 0.753. The van der Waals surface area contributed by atoms with Crippen molar-refractivity contribution in [3.8, 4) is 5.75 Å². The Hall–Kier alpha value is -2.38. The van der Waals surface area contributed by atoms with Gasteiger partial charge in [-0.25, -0.2) is 8.42 Å². The van der Waals surface area contributed by atoms with E-state index in [1.165, 1.54) is 4.31 Å². The molecule has 29 heavy (non-hydrogen) atoms. The Bertz CT molecular complexity index is 914. The van der Waals surface area contributed by atoms with Crippen LogP contribution in [-0.4, -0.2) is 44.4 Å². The third kappa shape index (κ3) is 5.58. The van der Waals surface area contributed by atoms with Gasteiger partial charge >= 0.3 is 0 Å². The summed E-state index contributed by atoms with van der Waals surface area (Å²) in [5, 5.41) is 2.96. The second-order valence-corrected chi connectivity index (χ2v) is 9.49. The molecule has 156 valence electrons. The average Bonchev–Trinajstić information content (AvgIpc) is 2.74. The molecular weight excluding hydrogens is 388 g/mol. The second kappa shape index (κ2) is 9.41. The van der Waals surface area contributed by atoms with Crippen molar-refractivity contribution < 1.29 is 17.9 Å². The molecule has 0 spiro atoms. The number of nitrogens with zero attached hydrogens (tertiary/aromatic N) is 1. The third-order valence-electron chi connectivity index (χ3n) is 5.05. The molecule has 0 bridgehead atoms. The van der Waals surface area contributed by atoms with Crippen LogP contribution in [0.3, 0.4) is 0 Å². The molecule has 2 atom stereocenters. The van der Waals surface area contributed by atoms with Gasteiger partial charge in [-0.15, -0.1) is 0 Å². The van der Waals surface area contributed by atoms with E-state index in [0.29, 0.717) is 26.0 Å². The van der Waals surface area contributed by atoms with Crippen molar-refractivity contribution >= 4 is 15.9 Å². The predicted molar refractivity (Wildman–Crippen MR) is 112 cm³/mol. The summed E-state index contributed by atoms with van der Waals surface area (Å²) in [6, 6.07) is 15.9. The predicted octanol–water partition coefficient (Wildman–Crippen LogP) is 2.98. The maximum Gasteiger partial charge on any atom is 0.243 e. The summed E-state index contributed by atoms with van der Waals surface area (Å²) >= 11 is 0. The van der Waals surface area contributed by atoms with Crippen LogP contribution in [0.15, 0.2) is 59.5 Å². The summed E-state index contributed by atoms with van der Waals surface area (Å²) in [7, 11) is -3.58.